The smallest absolute Gasteiger partial charge is 0.341 e. The zero-order valence-electron chi connectivity index (χ0n) is 14.4. The van der Waals surface area contributed by atoms with E-state index in [0.717, 1.165) is 24.8 Å². The number of hydrogen-bond donors (Lipinski definition) is 1. The SMILES string of the molecule is COC(=O)c1cc(NC(=O)c2cccc3c2O[C@@H](C)[C@H]3C)cc(F)c1F. The Morgan fingerprint density at radius 3 is 2.58 bits per heavy atom. The molecule has 5 nitrogen and oxygen atoms in total. The lowest BCUT2D eigenvalue weighted by Gasteiger charge is -2.11. The fourth-order valence-corrected chi connectivity index (χ4v) is 2.88. The lowest BCUT2D eigenvalue weighted by atomic mass is 9.97. The van der Waals surface area contributed by atoms with Crippen molar-refractivity contribution in [3.05, 3.63) is 58.7 Å². The van der Waals surface area contributed by atoms with Crippen LogP contribution in [0.2, 0.25) is 0 Å². The van der Waals surface area contributed by atoms with Crippen LogP contribution in [0.3, 0.4) is 0 Å². The Kier molecular flexibility index (Phi) is 4.63. The Bertz CT molecular complexity index is 897. The minimum absolute atomic E-state index is 0.0639. The summed E-state index contributed by atoms with van der Waals surface area (Å²) in [5, 5.41) is 2.47. The highest BCUT2D eigenvalue weighted by Crippen LogP contribution is 2.40. The lowest BCUT2D eigenvalue weighted by molar-refractivity contribution is 0.0594. The molecule has 1 aliphatic rings. The van der Waals surface area contributed by atoms with Crippen molar-refractivity contribution in [3.63, 3.8) is 0 Å². The van der Waals surface area contributed by atoms with Gasteiger partial charge in [0, 0.05) is 23.2 Å². The molecule has 2 atom stereocenters. The molecule has 1 N–H and O–H groups in total. The largest absolute Gasteiger partial charge is 0.489 e. The van der Waals surface area contributed by atoms with Crippen LogP contribution in [0.1, 0.15) is 46.0 Å². The molecule has 0 aromatic heterocycles. The molecule has 0 bridgehead atoms. The summed E-state index contributed by atoms with van der Waals surface area (Å²) in [6.45, 7) is 3.90. The minimum Gasteiger partial charge on any atom is -0.489 e. The van der Waals surface area contributed by atoms with Crippen molar-refractivity contribution in [2.24, 2.45) is 0 Å². The van der Waals surface area contributed by atoms with Crippen LogP contribution >= 0.6 is 0 Å². The van der Waals surface area contributed by atoms with E-state index in [9.17, 15) is 18.4 Å². The third-order valence-electron chi connectivity index (χ3n) is 4.48. The molecule has 0 fully saturated rings. The van der Waals surface area contributed by atoms with Crippen LogP contribution in [0.4, 0.5) is 14.5 Å². The van der Waals surface area contributed by atoms with E-state index in [1.54, 1.807) is 12.1 Å². The first-order valence-corrected chi connectivity index (χ1v) is 8.01. The molecule has 1 heterocycles. The maximum Gasteiger partial charge on any atom is 0.341 e. The fourth-order valence-electron chi connectivity index (χ4n) is 2.88. The Balaban J connectivity index is 1.93. The van der Waals surface area contributed by atoms with Gasteiger partial charge in [-0.05, 0) is 19.1 Å². The number of anilines is 1. The molecular weight excluding hydrogens is 344 g/mol. The number of rotatable bonds is 3. The van der Waals surface area contributed by atoms with E-state index in [1.165, 1.54) is 0 Å². The highest BCUT2D eigenvalue weighted by molar-refractivity contribution is 6.07. The minimum atomic E-state index is -1.33. The van der Waals surface area contributed by atoms with Gasteiger partial charge in [-0.2, -0.15) is 0 Å². The highest BCUT2D eigenvalue weighted by atomic mass is 19.2. The summed E-state index contributed by atoms with van der Waals surface area (Å²) in [7, 11) is 1.05. The van der Waals surface area contributed by atoms with Crippen LogP contribution in [-0.2, 0) is 4.74 Å². The molecule has 1 amide bonds. The number of fused-ring (bicyclic) bond motifs is 1. The van der Waals surface area contributed by atoms with Gasteiger partial charge < -0.3 is 14.8 Å². The van der Waals surface area contributed by atoms with E-state index >= 15 is 0 Å². The van der Waals surface area contributed by atoms with E-state index in [4.69, 9.17) is 4.74 Å². The lowest BCUT2D eigenvalue weighted by Crippen LogP contribution is -2.15. The molecule has 2 aromatic rings. The first kappa shape index (κ1) is 17.8. The number of esters is 1. The quantitative estimate of drug-likeness (QED) is 0.843. The zero-order chi connectivity index (χ0) is 19.0. The van der Waals surface area contributed by atoms with Gasteiger partial charge in [0.05, 0.1) is 12.7 Å². The van der Waals surface area contributed by atoms with E-state index in [2.05, 4.69) is 10.1 Å². The predicted octanol–water partition coefficient (Wildman–Crippen LogP) is 3.89. The maximum absolute atomic E-state index is 13.8. The van der Waals surface area contributed by atoms with Gasteiger partial charge in [-0.25, -0.2) is 13.6 Å². The van der Waals surface area contributed by atoms with Crippen molar-refractivity contribution in [2.75, 3.05) is 12.4 Å². The van der Waals surface area contributed by atoms with Crippen LogP contribution in [0.25, 0.3) is 0 Å². The first-order chi connectivity index (χ1) is 12.3. The number of amides is 1. The molecule has 0 unspecified atom stereocenters. The molecule has 0 saturated carbocycles. The standard InChI is InChI=1S/C19H17F2NO4/c1-9-10(2)26-17-12(9)5-4-6-13(17)18(23)22-11-7-14(19(24)25-3)16(21)15(20)8-11/h4-10H,1-3H3,(H,22,23)/t9-,10+/m1/s1. The van der Waals surface area contributed by atoms with Crippen LogP contribution in [-0.4, -0.2) is 25.1 Å². The van der Waals surface area contributed by atoms with Gasteiger partial charge in [0.25, 0.3) is 5.91 Å². The Morgan fingerprint density at radius 1 is 1.15 bits per heavy atom. The Labute approximate surface area is 148 Å². The van der Waals surface area contributed by atoms with Crippen molar-refractivity contribution >= 4 is 17.6 Å². The third kappa shape index (κ3) is 3.00. The summed E-state index contributed by atoms with van der Waals surface area (Å²) in [6.07, 6.45) is -0.0758. The summed E-state index contributed by atoms with van der Waals surface area (Å²) in [5.74, 6) is -3.58. The molecule has 7 heteroatoms. The predicted molar refractivity (Wildman–Crippen MR) is 90.6 cm³/mol. The Hall–Kier alpha value is -2.96. The average Bonchev–Trinajstić information content (AvgIpc) is 2.91. The van der Waals surface area contributed by atoms with E-state index in [1.807, 2.05) is 19.9 Å². The molecule has 0 saturated heterocycles. The van der Waals surface area contributed by atoms with Gasteiger partial charge in [0.1, 0.15) is 17.4 Å². The molecule has 136 valence electrons. The monoisotopic (exact) mass is 361 g/mol. The number of carbonyl (C=O) groups is 2. The van der Waals surface area contributed by atoms with Crippen molar-refractivity contribution in [1.82, 2.24) is 0 Å². The molecule has 1 aliphatic heterocycles. The van der Waals surface area contributed by atoms with Crippen LogP contribution in [0, 0.1) is 11.6 Å². The number of ether oxygens (including phenoxy) is 2. The van der Waals surface area contributed by atoms with Gasteiger partial charge >= 0.3 is 5.97 Å². The number of carbonyl (C=O) groups excluding carboxylic acids is 2. The molecule has 26 heavy (non-hydrogen) atoms. The molecule has 0 spiro atoms. The van der Waals surface area contributed by atoms with Gasteiger partial charge in [-0.3, -0.25) is 4.79 Å². The van der Waals surface area contributed by atoms with E-state index < -0.39 is 29.1 Å². The van der Waals surface area contributed by atoms with Gasteiger partial charge in [0.15, 0.2) is 11.6 Å². The van der Waals surface area contributed by atoms with Crippen molar-refractivity contribution in [3.8, 4) is 5.75 Å². The summed E-state index contributed by atoms with van der Waals surface area (Å²) < 4.78 is 37.7. The molecular formula is C19H17F2NO4. The molecule has 0 radical (unpaired) electrons. The summed E-state index contributed by atoms with van der Waals surface area (Å²) in [6, 6.07) is 7.02. The van der Waals surface area contributed by atoms with Crippen molar-refractivity contribution < 1.29 is 27.8 Å². The topological polar surface area (TPSA) is 64.6 Å². The Morgan fingerprint density at radius 2 is 1.88 bits per heavy atom. The number of nitrogens with one attached hydrogen (secondary N) is 1. The second-order valence-electron chi connectivity index (χ2n) is 6.10. The van der Waals surface area contributed by atoms with Gasteiger partial charge in [0.2, 0.25) is 0 Å². The second kappa shape index (κ2) is 6.74. The normalized spacial score (nSPS) is 18.0. The third-order valence-corrected chi connectivity index (χ3v) is 4.48. The zero-order valence-corrected chi connectivity index (χ0v) is 14.4. The number of halogens is 2. The average molecular weight is 361 g/mol. The van der Waals surface area contributed by atoms with Crippen LogP contribution in [0.15, 0.2) is 30.3 Å². The van der Waals surface area contributed by atoms with E-state index in [0.29, 0.717) is 5.75 Å². The number of benzene rings is 2. The first-order valence-electron chi connectivity index (χ1n) is 8.01. The molecule has 3 rings (SSSR count). The highest BCUT2D eigenvalue weighted by Gasteiger charge is 2.31. The van der Waals surface area contributed by atoms with E-state index in [-0.39, 0.29) is 23.3 Å². The fraction of sp³-hybridized carbons (Fsp3) is 0.263. The van der Waals surface area contributed by atoms with Crippen LogP contribution in [0.5, 0.6) is 5.75 Å². The second-order valence-corrected chi connectivity index (χ2v) is 6.10. The van der Waals surface area contributed by atoms with Gasteiger partial charge in [-0.1, -0.05) is 19.1 Å². The van der Waals surface area contributed by atoms with Crippen molar-refractivity contribution in [1.29, 1.82) is 0 Å². The number of methoxy groups -OCH3 is 1. The maximum atomic E-state index is 13.8. The van der Waals surface area contributed by atoms with Crippen LogP contribution < -0.4 is 10.1 Å². The van der Waals surface area contributed by atoms with Gasteiger partial charge in [-0.15, -0.1) is 0 Å². The van der Waals surface area contributed by atoms with Crippen molar-refractivity contribution in [2.45, 2.75) is 25.9 Å². The summed E-state index contributed by atoms with van der Waals surface area (Å²) in [5.41, 5.74) is 0.527. The molecule has 2 aromatic carbocycles. The molecule has 0 aliphatic carbocycles. The number of para-hydroxylation sites is 1. The number of hydrogen-bond acceptors (Lipinski definition) is 4. The summed E-state index contributed by atoms with van der Waals surface area (Å²) >= 11 is 0. The summed E-state index contributed by atoms with van der Waals surface area (Å²) in [4.78, 5) is 24.2.